The Bertz CT molecular complexity index is 455. The molecule has 4 nitrogen and oxygen atoms in total. The molecule has 1 aromatic rings. The SMILES string of the molecule is COc1cc(CC2(O)CC2)c(OC)c(Br)c1OC. The fourth-order valence-electron chi connectivity index (χ4n) is 2.01. The highest BCUT2D eigenvalue weighted by atomic mass is 79.9. The van der Waals surface area contributed by atoms with Gasteiger partial charge in [-0.1, -0.05) is 0 Å². The van der Waals surface area contributed by atoms with Crippen LogP contribution in [-0.2, 0) is 6.42 Å². The van der Waals surface area contributed by atoms with E-state index in [2.05, 4.69) is 15.9 Å². The average Bonchev–Trinajstić information content (AvgIpc) is 3.06. The second-order valence-corrected chi connectivity index (χ2v) is 5.31. The van der Waals surface area contributed by atoms with Crippen LogP contribution in [0.1, 0.15) is 18.4 Å². The minimum atomic E-state index is -0.577. The van der Waals surface area contributed by atoms with E-state index in [0.29, 0.717) is 28.1 Å². The molecule has 0 heterocycles. The molecule has 0 bridgehead atoms. The molecular formula is C13H17BrO4. The number of ether oxygens (including phenoxy) is 3. The van der Waals surface area contributed by atoms with Crippen molar-refractivity contribution in [3.8, 4) is 17.2 Å². The molecule has 1 N–H and O–H groups in total. The summed E-state index contributed by atoms with van der Waals surface area (Å²) in [5.41, 5.74) is 0.341. The number of rotatable bonds is 5. The van der Waals surface area contributed by atoms with E-state index in [1.165, 1.54) is 0 Å². The van der Waals surface area contributed by atoms with Crippen LogP contribution in [0.2, 0.25) is 0 Å². The van der Waals surface area contributed by atoms with Crippen molar-refractivity contribution in [3.05, 3.63) is 16.1 Å². The van der Waals surface area contributed by atoms with Gasteiger partial charge in [0.15, 0.2) is 11.5 Å². The highest BCUT2D eigenvalue weighted by Gasteiger charge is 2.41. The summed E-state index contributed by atoms with van der Waals surface area (Å²) in [7, 11) is 4.77. The quantitative estimate of drug-likeness (QED) is 0.907. The van der Waals surface area contributed by atoms with Gasteiger partial charge in [0, 0.05) is 12.0 Å². The summed E-state index contributed by atoms with van der Waals surface area (Å²) in [6.45, 7) is 0. The maximum Gasteiger partial charge on any atom is 0.178 e. The second kappa shape index (κ2) is 4.97. The topological polar surface area (TPSA) is 47.9 Å². The number of aliphatic hydroxyl groups is 1. The first kappa shape index (κ1) is 13.5. The van der Waals surface area contributed by atoms with E-state index in [9.17, 15) is 5.11 Å². The summed E-state index contributed by atoms with van der Waals surface area (Å²) < 4.78 is 16.7. The molecule has 0 spiro atoms. The molecule has 1 aliphatic rings. The molecule has 1 fully saturated rings. The van der Waals surface area contributed by atoms with Crippen molar-refractivity contribution in [2.24, 2.45) is 0 Å². The van der Waals surface area contributed by atoms with E-state index in [1.807, 2.05) is 6.07 Å². The lowest BCUT2D eigenvalue weighted by molar-refractivity contribution is 0.149. The van der Waals surface area contributed by atoms with Crippen LogP contribution >= 0.6 is 15.9 Å². The zero-order chi connectivity index (χ0) is 13.3. The smallest absolute Gasteiger partial charge is 0.178 e. The normalized spacial score (nSPS) is 16.3. The van der Waals surface area contributed by atoms with Crippen LogP contribution in [0.4, 0.5) is 0 Å². The maximum atomic E-state index is 10.0. The molecule has 1 aliphatic carbocycles. The summed E-state index contributed by atoms with van der Waals surface area (Å²) in [6.07, 6.45) is 2.24. The summed E-state index contributed by atoms with van der Waals surface area (Å²) in [6, 6.07) is 1.86. The molecule has 100 valence electrons. The van der Waals surface area contributed by atoms with Crippen LogP contribution in [-0.4, -0.2) is 32.0 Å². The summed E-state index contributed by atoms with van der Waals surface area (Å²) in [4.78, 5) is 0. The van der Waals surface area contributed by atoms with Gasteiger partial charge in [-0.15, -0.1) is 0 Å². The lowest BCUT2D eigenvalue weighted by Crippen LogP contribution is -2.12. The Morgan fingerprint density at radius 3 is 2.22 bits per heavy atom. The van der Waals surface area contributed by atoms with Gasteiger partial charge in [-0.3, -0.25) is 0 Å². The summed E-state index contributed by atoms with van der Waals surface area (Å²) >= 11 is 3.46. The fourth-order valence-corrected chi connectivity index (χ4v) is 2.78. The Labute approximate surface area is 115 Å². The van der Waals surface area contributed by atoms with E-state index in [-0.39, 0.29) is 0 Å². The fraction of sp³-hybridized carbons (Fsp3) is 0.538. The van der Waals surface area contributed by atoms with Crippen molar-refractivity contribution in [2.45, 2.75) is 24.9 Å². The van der Waals surface area contributed by atoms with Gasteiger partial charge in [0.1, 0.15) is 10.2 Å². The molecule has 18 heavy (non-hydrogen) atoms. The molecule has 1 aromatic carbocycles. The first-order valence-electron chi connectivity index (χ1n) is 5.74. The largest absolute Gasteiger partial charge is 0.495 e. The van der Waals surface area contributed by atoms with Gasteiger partial charge in [-0.05, 0) is 34.8 Å². The number of hydrogen-bond donors (Lipinski definition) is 1. The third-order valence-electron chi connectivity index (χ3n) is 3.19. The summed E-state index contributed by atoms with van der Waals surface area (Å²) in [5, 5.41) is 10.0. The highest BCUT2D eigenvalue weighted by Crippen LogP contribution is 2.47. The van der Waals surface area contributed by atoms with Crippen LogP contribution in [0, 0.1) is 0 Å². The third kappa shape index (κ3) is 2.42. The Balaban J connectivity index is 2.47. The lowest BCUT2D eigenvalue weighted by Gasteiger charge is -2.18. The van der Waals surface area contributed by atoms with Crippen LogP contribution in [0.5, 0.6) is 17.2 Å². The van der Waals surface area contributed by atoms with Gasteiger partial charge in [-0.2, -0.15) is 0 Å². The van der Waals surface area contributed by atoms with Crippen LogP contribution in [0.3, 0.4) is 0 Å². The van der Waals surface area contributed by atoms with E-state index in [1.54, 1.807) is 21.3 Å². The van der Waals surface area contributed by atoms with Gasteiger partial charge in [-0.25, -0.2) is 0 Å². The van der Waals surface area contributed by atoms with Crippen molar-refractivity contribution in [1.29, 1.82) is 0 Å². The average molecular weight is 317 g/mol. The number of halogens is 1. The van der Waals surface area contributed by atoms with E-state index in [4.69, 9.17) is 14.2 Å². The minimum Gasteiger partial charge on any atom is -0.495 e. The zero-order valence-corrected chi connectivity index (χ0v) is 12.3. The van der Waals surface area contributed by atoms with Crippen LogP contribution in [0.25, 0.3) is 0 Å². The maximum absolute atomic E-state index is 10.0. The highest BCUT2D eigenvalue weighted by molar-refractivity contribution is 9.10. The molecule has 2 rings (SSSR count). The van der Waals surface area contributed by atoms with E-state index >= 15 is 0 Å². The van der Waals surface area contributed by atoms with E-state index < -0.39 is 5.60 Å². The monoisotopic (exact) mass is 316 g/mol. The van der Waals surface area contributed by atoms with Crippen molar-refractivity contribution >= 4 is 15.9 Å². The molecule has 1 saturated carbocycles. The molecule has 0 aromatic heterocycles. The molecule has 0 saturated heterocycles. The Morgan fingerprint density at radius 1 is 1.17 bits per heavy atom. The first-order valence-corrected chi connectivity index (χ1v) is 6.53. The first-order chi connectivity index (χ1) is 8.54. The van der Waals surface area contributed by atoms with Crippen LogP contribution in [0.15, 0.2) is 10.5 Å². The predicted octanol–water partition coefficient (Wildman–Crippen LogP) is 2.54. The van der Waals surface area contributed by atoms with Gasteiger partial charge in [0.25, 0.3) is 0 Å². The van der Waals surface area contributed by atoms with Crippen molar-refractivity contribution in [2.75, 3.05) is 21.3 Å². The van der Waals surface area contributed by atoms with Gasteiger partial charge < -0.3 is 19.3 Å². The van der Waals surface area contributed by atoms with Gasteiger partial charge >= 0.3 is 0 Å². The molecule has 0 aliphatic heterocycles. The molecular weight excluding hydrogens is 300 g/mol. The predicted molar refractivity (Wildman–Crippen MR) is 71.7 cm³/mol. The molecule has 0 unspecified atom stereocenters. The minimum absolute atomic E-state index is 0.565. The third-order valence-corrected chi connectivity index (χ3v) is 3.91. The Hall–Kier alpha value is -0.940. The second-order valence-electron chi connectivity index (χ2n) is 4.52. The Morgan fingerprint density at radius 2 is 1.78 bits per heavy atom. The number of methoxy groups -OCH3 is 3. The van der Waals surface area contributed by atoms with Crippen molar-refractivity contribution in [1.82, 2.24) is 0 Å². The zero-order valence-electron chi connectivity index (χ0n) is 10.7. The lowest BCUT2D eigenvalue weighted by atomic mass is 10.0. The molecule has 0 radical (unpaired) electrons. The van der Waals surface area contributed by atoms with Gasteiger partial charge in [0.2, 0.25) is 0 Å². The Kier molecular flexibility index (Phi) is 3.73. The van der Waals surface area contributed by atoms with Crippen molar-refractivity contribution in [3.63, 3.8) is 0 Å². The summed E-state index contributed by atoms with van der Waals surface area (Å²) in [5.74, 6) is 1.92. The molecule has 0 atom stereocenters. The van der Waals surface area contributed by atoms with E-state index in [0.717, 1.165) is 18.4 Å². The molecule has 0 amide bonds. The van der Waals surface area contributed by atoms with Crippen molar-refractivity contribution < 1.29 is 19.3 Å². The standard InChI is InChI=1S/C13H17BrO4/c1-16-9-6-8(7-13(15)4-5-13)11(17-2)10(14)12(9)18-3/h6,15H,4-5,7H2,1-3H3. The number of hydrogen-bond acceptors (Lipinski definition) is 4. The number of benzene rings is 1. The van der Waals surface area contributed by atoms with Gasteiger partial charge in [0.05, 0.1) is 26.9 Å². The van der Waals surface area contributed by atoms with Crippen LogP contribution < -0.4 is 14.2 Å². The molecule has 5 heteroatoms.